The van der Waals surface area contributed by atoms with Crippen LogP contribution in [0, 0.1) is 19.7 Å². The number of benzene rings is 3. The van der Waals surface area contributed by atoms with E-state index in [0.717, 1.165) is 16.0 Å². The normalized spacial score (nSPS) is 13.7. The summed E-state index contributed by atoms with van der Waals surface area (Å²) in [5, 5.41) is 3.12. The summed E-state index contributed by atoms with van der Waals surface area (Å²) in [7, 11) is 0. The Labute approximate surface area is 186 Å². The van der Waals surface area contributed by atoms with Gasteiger partial charge in [-0.15, -0.1) is 0 Å². The molecule has 1 aliphatic heterocycles. The average molecular weight is 430 g/mol. The molecule has 5 nitrogen and oxygen atoms in total. The van der Waals surface area contributed by atoms with Gasteiger partial charge < -0.3 is 10.1 Å². The monoisotopic (exact) mass is 430 g/mol. The third-order valence-corrected chi connectivity index (χ3v) is 5.40. The van der Waals surface area contributed by atoms with E-state index in [1.807, 2.05) is 39.0 Å². The van der Waals surface area contributed by atoms with E-state index >= 15 is 0 Å². The molecule has 3 aromatic rings. The van der Waals surface area contributed by atoms with Gasteiger partial charge in [0.2, 0.25) is 0 Å². The van der Waals surface area contributed by atoms with Crippen LogP contribution in [0.2, 0.25) is 0 Å². The highest BCUT2D eigenvalue weighted by molar-refractivity contribution is 6.46. The van der Waals surface area contributed by atoms with E-state index in [-0.39, 0.29) is 11.3 Å². The number of hydrogen-bond donors (Lipinski definition) is 1. The van der Waals surface area contributed by atoms with Crippen LogP contribution in [0.1, 0.15) is 23.6 Å². The lowest BCUT2D eigenvalue weighted by atomic mass is 9.99. The van der Waals surface area contributed by atoms with Crippen LogP contribution in [0.4, 0.5) is 15.8 Å². The highest BCUT2D eigenvalue weighted by atomic mass is 19.1. The first kappa shape index (κ1) is 21.3. The van der Waals surface area contributed by atoms with Crippen molar-refractivity contribution in [3.05, 3.63) is 94.9 Å². The Hall–Kier alpha value is -3.93. The van der Waals surface area contributed by atoms with Gasteiger partial charge in [-0.25, -0.2) is 9.29 Å². The first-order chi connectivity index (χ1) is 15.4. The van der Waals surface area contributed by atoms with Crippen molar-refractivity contribution < 1.29 is 18.7 Å². The fraction of sp³-hybridized carbons (Fsp3) is 0.154. The third-order valence-electron chi connectivity index (χ3n) is 5.40. The van der Waals surface area contributed by atoms with Crippen LogP contribution in [0.5, 0.6) is 5.75 Å². The maximum absolute atomic E-state index is 13.4. The van der Waals surface area contributed by atoms with E-state index in [4.69, 9.17) is 4.74 Å². The molecule has 0 bridgehead atoms. The Bertz CT molecular complexity index is 1210. The van der Waals surface area contributed by atoms with Gasteiger partial charge in [0.15, 0.2) is 0 Å². The van der Waals surface area contributed by atoms with Gasteiger partial charge in [0.1, 0.15) is 17.3 Å². The predicted octanol–water partition coefficient (Wildman–Crippen LogP) is 5.24. The molecule has 4 rings (SSSR count). The first-order valence-electron chi connectivity index (χ1n) is 10.3. The Kier molecular flexibility index (Phi) is 5.77. The molecule has 162 valence electrons. The molecule has 3 aromatic carbocycles. The smallest absolute Gasteiger partial charge is 0.282 e. The summed E-state index contributed by atoms with van der Waals surface area (Å²) in [4.78, 5) is 27.9. The summed E-state index contributed by atoms with van der Waals surface area (Å²) < 4.78 is 18.9. The zero-order chi connectivity index (χ0) is 22.8. The zero-order valence-electron chi connectivity index (χ0n) is 18.1. The van der Waals surface area contributed by atoms with Gasteiger partial charge in [-0.3, -0.25) is 9.59 Å². The maximum atomic E-state index is 13.4. The van der Waals surface area contributed by atoms with Gasteiger partial charge in [0.05, 0.1) is 17.9 Å². The van der Waals surface area contributed by atoms with Crippen molar-refractivity contribution in [3.63, 3.8) is 0 Å². The number of ether oxygens (including phenoxy) is 1. The summed E-state index contributed by atoms with van der Waals surface area (Å²) in [6.07, 6.45) is 0. The van der Waals surface area contributed by atoms with Gasteiger partial charge in [-0.1, -0.05) is 18.2 Å². The average Bonchev–Trinajstić information content (AvgIpc) is 3.02. The standard InChI is InChI=1S/C26H23FN2O3/c1-4-32-22-13-9-20(10-14-22)28-24-23(18-6-5-16(2)17(3)15-18)25(30)29(26(24)31)21-11-7-19(27)8-12-21/h5-15,28H,4H2,1-3H3. The lowest BCUT2D eigenvalue weighted by molar-refractivity contribution is -0.120. The van der Waals surface area contributed by atoms with E-state index in [1.165, 1.54) is 24.3 Å². The number of imide groups is 1. The van der Waals surface area contributed by atoms with Crippen molar-refractivity contribution in [2.75, 3.05) is 16.8 Å². The largest absolute Gasteiger partial charge is 0.494 e. The number of rotatable bonds is 6. The highest BCUT2D eigenvalue weighted by Crippen LogP contribution is 2.34. The number of hydrogen-bond acceptors (Lipinski definition) is 4. The number of nitrogens with zero attached hydrogens (tertiary/aromatic N) is 1. The minimum atomic E-state index is -0.497. The van der Waals surface area contributed by atoms with E-state index in [1.54, 1.807) is 24.3 Å². The molecule has 1 N–H and O–H groups in total. The molecule has 1 heterocycles. The minimum absolute atomic E-state index is 0.173. The summed E-state index contributed by atoms with van der Waals surface area (Å²) in [6.45, 7) is 6.39. The number of carbonyl (C=O) groups is 2. The molecular formula is C26H23FN2O3. The number of aryl methyl sites for hydroxylation is 2. The Morgan fingerprint density at radius 2 is 1.56 bits per heavy atom. The Morgan fingerprint density at radius 1 is 0.875 bits per heavy atom. The molecular weight excluding hydrogens is 407 g/mol. The molecule has 6 heteroatoms. The molecule has 0 fully saturated rings. The van der Waals surface area contributed by atoms with Crippen LogP contribution in [-0.2, 0) is 9.59 Å². The zero-order valence-corrected chi connectivity index (χ0v) is 18.1. The van der Waals surface area contributed by atoms with Gasteiger partial charge in [-0.2, -0.15) is 0 Å². The third kappa shape index (κ3) is 3.99. The minimum Gasteiger partial charge on any atom is -0.494 e. The molecule has 1 aliphatic rings. The van der Waals surface area contributed by atoms with Crippen LogP contribution in [-0.4, -0.2) is 18.4 Å². The number of nitrogens with one attached hydrogen (secondary N) is 1. The number of halogens is 1. The van der Waals surface area contributed by atoms with Crippen molar-refractivity contribution in [1.82, 2.24) is 0 Å². The summed E-state index contributed by atoms with van der Waals surface area (Å²) in [6, 6.07) is 18.1. The molecule has 0 spiro atoms. The molecule has 0 saturated carbocycles. The van der Waals surface area contributed by atoms with E-state index in [0.29, 0.717) is 29.3 Å². The lowest BCUT2D eigenvalue weighted by Crippen LogP contribution is -2.32. The van der Waals surface area contributed by atoms with Crippen LogP contribution < -0.4 is 15.0 Å². The van der Waals surface area contributed by atoms with Gasteiger partial charge in [-0.05, 0) is 86.0 Å². The SMILES string of the molecule is CCOc1ccc(NC2=C(c3ccc(C)c(C)c3)C(=O)N(c3ccc(F)cc3)C2=O)cc1. The highest BCUT2D eigenvalue weighted by Gasteiger charge is 2.40. The van der Waals surface area contributed by atoms with Crippen molar-refractivity contribution in [2.24, 2.45) is 0 Å². The number of anilines is 2. The van der Waals surface area contributed by atoms with Crippen LogP contribution >= 0.6 is 0 Å². The molecule has 0 radical (unpaired) electrons. The number of amides is 2. The summed E-state index contributed by atoms with van der Waals surface area (Å²) in [5.74, 6) is -0.687. The van der Waals surface area contributed by atoms with E-state index in [9.17, 15) is 14.0 Å². The van der Waals surface area contributed by atoms with Crippen molar-refractivity contribution in [3.8, 4) is 5.75 Å². The molecule has 32 heavy (non-hydrogen) atoms. The second-order valence-corrected chi connectivity index (χ2v) is 7.55. The fourth-order valence-corrected chi connectivity index (χ4v) is 3.58. The summed E-state index contributed by atoms with van der Waals surface area (Å²) in [5.41, 5.74) is 4.14. The Morgan fingerprint density at radius 3 is 2.19 bits per heavy atom. The fourth-order valence-electron chi connectivity index (χ4n) is 3.58. The van der Waals surface area contributed by atoms with Gasteiger partial charge in [0.25, 0.3) is 11.8 Å². The van der Waals surface area contributed by atoms with E-state index in [2.05, 4.69) is 5.32 Å². The number of carbonyl (C=O) groups excluding carboxylic acids is 2. The topological polar surface area (TPSA) is 58.6 Å². The van der Waals surface area contributed by atoms with Crippen molar-refractivity contribution >= 4 is 28.8 Å². The maximum Gasteiger partial charge on any atom is 0.282 e. The van der Waals surface area contributed by atoms with Crippen LogP contribution in [0.15, 0.2) is 72.4 Å². The summed E-state index contributed by atoms with van der Waals surface area (Å²) >= 11 is 0. The molecule has 2 amide bonds. The molecule has 0 unspecified atom stereocenters. The Balaban J connectivity index is 1.78. The predicted molar refractivity (Wildman–Crippen MR) is 123 cm³/mol. The van der Waals surface area contributed by atoms with Crippen LogP contribution in [0.25, 0.3) is 5.57 Å². The molecule has 0 aromatic heterocycles. The quantitative estimate of drug-likeness (QED) is 0.544. The molecule has 0 saturated heterocycles. The second-order valence-electron chi connectivity index (χ2n) is 7.55. The second kappa shape index (κ2) is 8.67. The van der Waals surface area contributed by atoms with Crippen molar-refractivity contribution in [1.29, 1.82) is 0 Å². The first-order valence-corrected chi connectivity index (χ1v) is 10.3. The van der Waals surface area contributed by atoms with Gasteiger partial charge in [0, 0.05) is 5.69 Å². The van der Waals surface area contributed by atoms with E-state index < -0.39 is 17.6 Å². The van der Waals surface area contributed by atoms with Crippen molar-refractivity contribution in [2.45, 2.75) is 20.8 Å². The molecule has 0 aliphatic carbocycles. The molecule has 0 atom stereocenters. The van der Waals surface area contributed by atoms with Gasteiger partial charge >= 0.3 is 0 Å². The van der Waals surface area contributed by atoms with Crippen LogP contribution in [0.3, 0.4) is 0 Å². The lowest BCUT2D eigenvalue weighted by Gasteiger charge is -2.15.